The Balaban J connectivity index is 1.80. The van der Waals surface area contributed by atoms with Crippen LogP contribution in [0, 0.1) is 5.92 Å². The summed E-state index contributed by atoms with van der Waals surface area (Å²) < 4.78 is 11.0. The van der Waals surface area contributed by atoms with Crippen LogP contribution in [0.3, 0.4) is 0 Å². The fraction of sp³-hybridized carbons (Fsp3) is 0.615. The van der Waals surface area contributed by atoms with Crippen LogP contribution in [0.25, 0.3) is 0 Å². The topological polar surface area (TPSA) is 43.4 Å². The van der Waals surface area contributed by atoms with Crippen molar-refractivity contribution in [1.29, 1.82) is 0 Å². The normalized spacial score (nSPS) is 19.5. The van der Waals surface area contributed by atoms with Gasteiger partial charge in [-0.15, -0.1) is 0 Å². The molecule has 0 radical (unpaired) electrons. The third-order valence-corrected chi connectivity index (χ3v) is 2.87. The van der Waals surface area contributed by atoms with Gasteiger partial charge in [-0.2, -0.15) is 0 Å². The Bertz CT molecular complexity index is 338. The van der Waals surface area contributed by atoms with Crippen LogP contribution < -0.4 is 5.32 Å². The van der Waals surface area contributed by atoms with Crippen LogP contribution in [0.1, 0.15) is 18.9 Å². The second-order valence-electron chi connectivity index (χ2n) is 4.29. The van der Waals surface area contributed by atoms with Crippen molar-refractivity contribution in [1.82, 2.24) is 4.98 Å². The van der Waals surface area contributed by atoms with Crippen molar-refractivity contribution < 1.29 is 9.47 Å². The summed E-state index contributed by atoms with van der Waals surface area (Å²) >= 11 is 0. The lowest BCUT2D eigenvalue weighted by atomic mass is 10.1. The molecule has 17 heavy (non-hydrogen) atoms. The van der Waals surface area contributed by atoms with E-state index < -0.39 is 0 Å². The molecule has 1 fully saturated rings. The van der Waals surface area contributed by atoms with Crippen molar-refractivity contribution in [2.75, 3.05) is 31.7 Å². The van der Waals surface area contributed by atoms with Crippen LogP contribution in [-0.2, 0) is 16.1 Å². The van der Waals surface area contributed by atoms with Crippen LogP contribution in [-0.4, -0.2) is 31.3 Å². The van der Waals surface area contributed by atoms with Crippen molar-refractivity contribution in [3.05, 3.63) is 23.9 Å². The number of pyridine rings is 1. The van der Waals surface area contributed by atoms with E-state index >= 15 is 0 Å². The molecular weight excluding hydrogens is 216 g/mol. The Morgan fingerprint density at radius 3 is 3.29 bits per heavy atom. The zero-order valence-electron chi connectivity index (χ0n) is 10.3. The first-order valence-electron chi connectivity index (χ1n) is 6.23. The number of nitrogens with zero attached hydrogens (tertiary/aromatic N) is 1. The molecule has 1 N–H and O–H groups in total. The van der Waals surface area contributed by atoms with E-state index in [1.165, 1.54) is 0 Å². The Kier molecular flexibility index (Phi) is 4.76. The summed E-state index contributed by atoms with van der Waals surface area (Å²) in [5.74, 6) is 1.49. The van der Waals surface area contributed by atoms with Crippen LogP contribution in [0.4, 0.5) is 5.82 Å². The lowest BCUT2D eigenvalue weighted by Gasteiger charge is -2.11. The zero-order valence-corrected chi connectivity index (χ0v) is 10.3. The van der Waals surface area contributed by atoms with E-state index in [4.69, 9.17) is 9.47 Å². The fourth-order valence-corrected chi connectivity index (χ4v) is 1.93. The van der Waals surface area contributed by atoms with Gasteiger partial charge in [0, 0.05) is 30.8 Å². The molecule has 0 saturated carbocycles. The first-order valence-corrected chi connectivity index (χ1v) is 6.23. The lowest BCUT2D eigenvalue weighted by molar-refractivity contribution is 0.0793. The molecular formula is C13H20N2O2. The number of rotatable bonds is 6. The van der Waals surface area contributed by atoms with Gasteiger partial charge in [-0.1, -0.05) is 6.07 Å². The molecule has 1 aliphatic heterocycles. The molecule has 1 aromatic heterocycles. The minimum atomic E-state index is 0.564. The predicted octanol–water partition coefficient (Wildman–Crippen LogP) is 2.07. The summed E-state index contributed by atoms with van der Waals surface area (Å²) in [6, 6.07) is 3.99. The molecule has 0 aromatic carbocycles. The molecule has 4 nitrogen and oxygen atoms in total. The molecule has 2 heterocycles. The Morgan fingerprint density at radius 2 is 2.53 bits per heavy atom. The van der Waals surface area contributed by atoms with Crippen molar-refractivity contribution in [2.45, 2.75) is 20.0 Å². The Morgan fingerprint density at radius 1 is 1.59 bits per heavy atom. The summed E-state index contributed by atoms with van der Waals surface area (Å²) in [6.45, 7) is 6.06. The van der Waals surface area contributed by atoms with E-state index in [9.17, 15) is 0 Å². The first kappa shape index (κ1) is 12.3. The van der Waals surface area contributed by atoms with Gasteiger partial charge in [0.2, 0.25) is 0 Å². The van der Waals surface area contributed by atoms with Gasteiger partial charge in [0.25, 0.3) is 0 Å². The van der Waals surface area contributed by atoms with E-state index in [-0.39, 0.29) is 0 Å². The number of anilines is 1. The van der Waals surface area contributed by atoms with Gasteiger partial charge in [-0.25, -0.2) is 4.98 Å². The number of nitrogens with one attached hydrogen (secondary N) is 1. The number of hydrogen-bond acceptors (Lipinski definition) is 4. The molecule has 1 unspecified atom stereocenters. The second-order valence-corrected chi connectivity index (χ2v) is 4.29. The molecule has 0 spiro atoms. The summed E-state index contributed by atoms with van der Waals surface area (Å²) in [5.41, 5.74) is 1.12. The smallest absolute Gasteiger partial charge is 0.131 e. The highest BCUT2D eigenvalue weighted by molar-refractivity contribution is 5.42. The molecule has 1 aliphatic rings. The minimum Gasteiger partial charge on any atom is -0.381 e. The second kappa shape index (κ2) is 6.57. The van der Waals surface area contributed by atoms with Gasteiger partial charge in [0.05, 0.1) is 19.8 Å². The maximum Gasteiger partial charge on any atom is 0.131 e. The standard InChI is InChI=1S/C13H20N2O2/c1-2-14-13-12(4-3-6-15-13)10-17-9-11-5-7-16-8-11/h3-4,6,11H,2,5,7-10H2,1H3,(H,14,15). The Hall–Kier alpha value is -1.13. The monoisotopic (exact) mass is 236 g/mol. The van der Waals surface area contributed by atoms with Crippen LogP contribution in [0.5, 0.6) is 0 Å². The van der Waals surface area contributed by atoms with Crippen LogP contribution in [0.2, 0.25) is 0 Å². The highest BCUT2D eigenvalue weighted by Gasteiger charge is 2.15. The molecule has 94 valence electrons. The van der Waals surface area contributed by atoms with E-state index in [0.717, 1.165) is 44.2 Å². The zero-order chi connectivity index (χ0) is 11.9. The summed E-state index contributed by atoms with van der Waals surface area (Å²) in [4.78, 5) is 4.30. The van der Waals surface area contributed by atoms with Crippen molar-refractivity contribution in [3.63, 3.8) is 0 Å². The average molecular weight is 236 g/mol. The van der Waals surface area contributed by atoms with Crippen molar-refractivity contribution >= 4 is 5.82 Å². The molecule has 0 amide bonds. The molecule has 2 rings (SSSR count). The summed E-state index contributed by atoms with van der Waals surface area (Å²) in [6.07, 6.45) is 2.92. The van der Waals surface area contributed by atoms with Crippen molar-refractivity contribution in [3.8, 4) is 0 Å². The van der Waals surface area contributed by atoms with E-state index in [1.807, 2.05) is 6.07 Å². The molecule has 1 atom stereocenters. The molecule has 1 aromatic rings. The third-order valence-electron chi connectivity index (χ3n) is 2.87. The SMILES string of the molecule is CCNc1ncccc1COCC1CCOC1. The van der Waals surface area contributed by atoms with Gasteiger partial charge in [0.1, 0.15) is 5.82 Å². The van der Waals surface area contributed by atoms with Gasteiger partial charge in [0.15, 0.2) is 0 Å². The van der Waals surface area contributed by atoms with Crippen LogP contribution in [0.15, 0.2) is 18.3 Å². The van der Waals surface area contributed by atoms with Gasteiger partial charge in [-0.05, 0) is 19.4 Å². The summed E-state index contributed by atoms with van der Waals surface area (Å²) in [5, 5.41) is 3.24. The van der Waals surface area contributed by atoms with Gasteiger partial charge < -0.3 is 14.8 Å². The third kappa shape index (κ3) is 3.68. The predicted molar refractivity (Wildman–Crippen MR) is 67.0 cm³/mol. The van der Waals surface area contributed by atoms with E-state index in [0.29, 0.717) is 12.5 Å². The van der Waals surface area contributed by atoms with E-state index in [1.54, 1.807) is 6.20 Å². The quantitative estimate of drug-likeness (QED) is 0.821. The highest BCUT2D eigenvalue weighted by Crippen LogP contribution is 2.16. The maximum absolute atomic E-state index is 5.73. The van der Waals surface area contributed by atoms with Gasteiger partial charge >= 0.3 is 0 Å². The maximum atomic E-state index is 5.73. The largest absolute Gasteiger partial charge is 0.381 e. The number of hydrogen-bond donors (Lipinski definition) is 1. The van der Waals surface area contributed by atoms with Gasteiger partial charge in [-0.3, -0.25) is 0 Å². The molecule has 4 heteroatoms. The van der Waals surface area contributed by atoms with Crippen molar-refractivity contribution in [2.24, 2.45) is 5.92 Å². The number of aromatic nitrogens is 1. The van der Waals surface area contributed by atoms with E-state index in [2.05, 4.69) is 23.3 Å². The van der Waals surface area contributed by atoms with Crippen LogP contribution >= 0.6 is 0 Å². The average Bonchev–Trinajstić information content (AvgIpc) is 2.85. The lowest BCUT2D eigenvalue weighted by Crippen LogP contribution is -2.10. The fourth-order valence-electron chi connectivity index (χ4n) is 1.93. The highest BCUT2D eigenvalue weighted by atomic mass is 16.5. The molecule has 0 bridgehead atoms. The molecule has 0 aliphatic carbocycles. The molecule has 1 saturated heterocycles. The minimum absolute atomic E-state index is 0.564. The Labute approximate surface area is 102 Å². The number of ether oxygens (including phenoxy) is 2. The summed E-state index contributed by atoms with van der Waals surface area (Å²) in [7, 11) is 0. The first-order chi connectivity index (χ1) is 8.40.